The van der Waals surface area contributed by atoms with E-state index in [1.54, 1.807) is 0 Å². The molecule has 0 aromatic heterocycles. The summed E-state index contributed by atoms with van der Waals surface area (Å²) in [4.78, 5) is 0. The molecule has 1 aliphatic heterocycles. The van der Waals surface area contributed by atoms with Gasteiger partial charge < -0.3 is 14.8 Å². The fourth-order valence-corrected chi connectivity index (χ4v) is 3.51. The molecule has 112 valence electrons. The van der Waals surface area contributed by atoms with Crippen LogP contribution in [0, 0.1) is 0 Å². The highest BCUT2D eigenvalue weighted by Gasteiger charge is 2.46. The first-order valence-electron chi connectivity index (χ1n) is 7.37. The summed E-state index contributed by atoms with van der Waals surface area (Å²) in [7, 11) is 0. The predicted molar refractivity (Wildman–Crippen MR) is 82.1 cm³/mol. The van der Waals surface area contributed by atoms with Gasteiger partial charge in [-0.1, -0.05) is 37.3 Å². The molecule has 0 atom stereocenters. The number of benzene rings is 1. The van der Waals surface area contributed by atoms with E-state index in [-0.39, 0.29) is 23.7 Å². The van der Waals surface area contributed by atoms with Crippen molar-refractivity contribution in [1.82, 2.24) is 5.32 Å². The number of nitrogens with one attached hydrogen (secondary N) is 1. The van der Waals surface area contributed by atoms with Crippen LogP contribution >= 0.6 is 12.4 Å². The lowest BCUT2D eigenvalue weighted by Crippen LogP contribution is -2.50. The summed E-state index contributed by atoms with van der Waals surface area (Å²) in [6.07, 6.45) is 4.11. The standard InChI is InChI=1S/C16H23NO2.ClH/c1-2-17-15(14-6-4-3-5-7-14)8-10-16(11-9-15)18-12-13-19-16;/h3-7,17H,2,8-13H2,1H3;1H. The first kappa shape index (κ1) is 15.8. The molecule has 3 nitrogen and oxygen atoms in total. The topological polar surface area (TPSA) is 30.5 Å². The zero-order valence-electron chi connectivity index (χ0n) is 12.1. The molecule has 1 saturated heterocycles. The number of hydrogen-bond acceptors (Lipinski definition) is 3. The molecule has 1 aromatic carbocycles. The van der Waals surface area contributed by atoms with Crippen LogP contribution in [-0.2, 0) is 15.0 Å². The van der Waals surface area contributed by atoms with Gasteiger partial charge in [-0.2, -0.15) is 0 Å². The third-order valence-electron chi connectivity index (χ3n) is 4.52. The number of hydrogen-bond donors (Lipinski definition) is 1. The van der Waals surface area contributed by atoms with Crippen molar-refractivity contribution in [1.29, 1.82) is 0 Å². The molecule has 0 amide bonds. The predicted octanol–water partition coefficient (Wildman–Crippen LogP) is 3.23. The van der Waals surface area contributed by atoms with Crippen LogP contribution in [-0.4, -0.2) is 25.5 Å². The van der Waals surface area contributed by atoms with Crippen LogP contribution in [0.2, 0.25) is 0 Å². The van der Waals surface area contributed by atoms with Crippen LogP contribution in [0.15, 0.2) is 30.3 Å². The average molecular weight is 298 g/mol. The number of rotatable bonds is 3. The van der Waals surface area contributed by atoms with E-state index in [9.17, 15) is 0 Å². The second-order valence-electron chi connectivity index (χ2n) is 5.59. The van der Waals surface area contributed by atoms with E-state index in [1.165, 1.54) is 5.56 Å². The fourth-order valence-electron chi connectivity index (χ4n) is 3.51. The SMILES string of the molecule is CCNC1(c2ccccc2)CCC2(CC1)OCCO2.Cl. The van der Waals surface area contributed by atoms with Crippen molar-refractivity contribution < 1.29 is 9.47 Å². The summed E-state index contributed by atoms with van der Waals surface area (Å²) in [6, 6.07) is 10.8. The maximum Gasteiger partial charge on any atom is 0.168 e. The molecule has 20 heavy (non-hydrogen) atoms. The van der Waals surface area contributed by atoms with Gasteiger partial charge in [0.1, 0.15) is 0 Å². The Balaban J connectivity index is 0.00000147. The largest absolute Gasteiger partial charge is 0.348 e. The molecule has 1 aliphatic carbocycles. The monoisotopic (exact) mass is 297 g/mol. The van der Waals surface area contributed by atoms with Gasteiger partial charge in [-0.3, -0.25) is 0 Å². The van der Waals surface area contributed by atoms with Gasteiger partial charge in [-0.05, 0) is 24.9 Å². The molecular formula is C16H24ClNO2. The van der Waals surface area contributed by atoms with Gasteiger partial charge in [0, 0.05) is 18.4 Å². The van der Waals surface area contributed by atoms with Crippen LogP contribution in [0.25, 0.3) is 0 Å². The van der Waals surface area contributed by atoms with E-state index in [1.807, 2.05) is 0 Å². The minimum atomic E-state index is -0.284. The van der Waals surface area contributed by atoms with Crippen molar-refractivity contribution in [3.05, 3.63) is 35.9 Å². The van der Waals surface area contributed by atoms with Crippen LogP contribution in [0.3, 0.4) is 0 Å². The van der Waals surface area contributed by atoms with E-state index >= 15 is 0 Å². The van der Waals surface area contributed by atoms with Gasteiger partial charge in [-0.15, -0.1) is 12.4 Å². The van der Waals surface area contributed by atoms with Crippen LogP contribution in [0.4, 0.5) is 0 Å². The van der Waals surface area contributed by atoms with Crippen molar-refractivity contribution in [2.24, 2.45) is 0 Å². The maximum absolute atomic E-state index is 5.84. The summed E-state index contributed by atoms with van der Waals surface area (Å²) in [5, 5.41) is 3.71. The lowest BCUT2D eigenvalue weighted by molar-refractivity contribution is -0.187. The minimum absolute atomic E-state index is 0. The smallest absolute Gasteiger partial charge is 0.168 e. The van der Waals surface area contributed by atoms with Gasteiger partial charge in [0.25, 0.3) is 0 Å². The summed E-state index contributed by atoms with van der Waals surface area (Å²) in [5.41, 5.74) is 1.49. The molecular weight excluding hydrogens is 274 g/mol. The van der Waals surface area contributed by atoms with Crippen molar-refractivity contribution in [2.45, 2.75) is 43.9 Å². The van der Waals surface area contributed by atoms with Gasteiger partial charge >= 0.3 is 0 Å². The maximum atomic E-state index is 5.84. The Morgan fingerprint density at radius 3 is 2.15 bits per heavy atom. The fraction of sp³-hybridized carbons (Fsp3) is 0.625. The minimum Gasteiger partial charge on any atom is -0.348 e. The van der Waals surface area contributed by atoms with Gasteiger partial charge in [0.2, 0.25) is 0 Å². The lowest BCUT2D eigenvalue weighted by atomic mass is 9.74. The lowest BCUT2D eigenvalue weighted by Gasteiger charge is -2.44. The molecule has 1 heterocycles. The van der Waals surface area contributed by atoms with E-state index in [0.717, 1.165) is 45.4 Å². The molecule has 0 unspecified atom stereocenters. The second kappa shape index (κ2) is 6.44. The highest BCUT2D eigenvalue weighted by atomic mass is 35.5. The summed E-state index contributed by atoms with van der Waals surface area (Å²) in [5.74, 6) is -0.284. The quantitative estimate of drug-likeness (QED) is 0.929. The molecule has 2 fully saturated rings. The van der Waals surface area contributed by atoms with Gasteiger partial charge in [0.05, 0.1) is 13.2 Å². The third-order valence-corrected chi connectivity index (χ3v) is 4.52. The van der Waals surface area contributed by atoms with E-state index in [4.69, 9.17) is 9.47 Å². The van der Waals surface area contributed by atoms with Crippen LogP contribution < -0.4 is 5.32 Å². The van der Waals surface area contributed by atoms with Crippen molar-refractivity contribution >= 4 is 12.4 Å². The van der Waals surface area contributed by atoms with Gasteiger partial charge in [-0.25, -0.2) is 0 Å². The Hall–Kier alpha value is -0.610. The first-order valence-corrected chi connectivity index (χ1v) is 7.37. The van der Waals surface area contributed by atoms with Crippen LogP contribution in [0.1, 0.15) is 38.2 Å². The summed E-state index contributed by atoms with van der Waals surface area (Å²) >= 11 is 0. The van der Waals surface area contributed by atoms with E-state index in [0.29, 0.717) is 0 Å². The Labute approximate surface area is 127 Å². The molecule has 1 aromatic rings. The molecule has 1 N–H and O–H groups in total. The van der Waals surface area contributed by atoms with E-state index in [2.05, 4.69) is 42.6 Å². The highest BCUT2D eigenvalue weighted by Crippen LogP contribution is 2.44. The second-order valence-corrected chi connectivity index (χ2v) is 5.59. The summed E-state index contributed by atoms with van der Waals surface area (Å²) < 4.78 is 11.7. The molecule has 0 bridgehead atoms. The number of ether oxygens (including phenoxy) is 2. The Bertz CT molecular complexity index is 408. The average Bonchev–Trinajstić information content (AvgIpc) is 2.92. The van der Waals surface area contributed by atoms with Crippen molar-refractivity contribution in [2.75, 3.05) is 19.8 Å². The van der Waals surface area contributed by atoms with E-state index < -0.39 is 0 Å². The molecule has 4 heteroatoms. The Kier molecular flexibility index (Phi) is 5.08. The first-order chi connectivity index (χ1) is 9.29. The summed E-state index contributed by atoms with van der Waals surface area (Å²) in [6.45, 7) is 4.67. The molecule has 0 radical (unpaired) electrons. The molecule has 3 rings (SSSR count). The van der Waals surface area contributed by atoms with Crippen LogP contribution in [0.5, 0.6) is 0 Å². The van der Waals surface area contributed by atoms with Crippen molar-refractivity contribution in [3.8, 4) is 0 Å². The zero-order valence-corrected chi connectivity index (χ0v) is 12.9. The molecule has 1 saturated carbocycles. The van der Waals surface area contributed by atoms with Gasteiger partial charge in [0.15, 0.2) is 5.79 Å². The highest BCUT2D eigenvalue weighted by molar-refractivity contribution is 5.85. The third kappa shape index (κ3) is 2.86. The number of halogens is 1. The normalized spacial score (nSPS) is 23.4. The Morgan fingerprint density at radius 2 is 1.60 bits per heavy atom. The molecule has 2 aliphatic rings. The Morgan fingerprint density at radius 1 is 1.00 bits per heavy atom. The molecule has 1 spiro atoms. The zero-order chi connectivity index (χ0) is 13.2. The van der Waals surface area contributed by atoms with Crippen molar-refractivity contribution in [3.63, 3.8) is 0 Å².